The minimum absolute atomic E-state index is 0. The molecule has 1 amide bonds. The highest BCUT2D eigenvalue weighted by molar-refractivity contribution is 7.59. The summed E-state index contributed by atoms with van der Waals surface area (Å²) in [4.78, 5) is 12.0. The number of hydrogen-bond acceptors (Lipinski definition) is 2. The van der Waals surface area contributed by atoms with Crippen LogP contribution >= 0.6 is 39.4 Å². The highest BCUT2D eigenvalue weighted by atomic mass is 35.5. The number of aryl methyl sites for hydroxylation is 1. The number of benzene rings is 1. The fraction of sp³-hybridized carbons (Fsp3) is 0.462. The molecule has 1 saturated heterocycles. The molecule has 2 atom stereocenters. The Hall–Kier alpha value is -0.500. The number of hydrogen-bond donors (Lipinski definition) is 2. The van der Waals surface area contributed by atoms with Crippen LogP contribution in [-0.2, 0) is 4.79 Å². The van der Waals surface area contributed by atoms with Crippen LogP contribution in [0.5, 0.6) is 0 Å². The minimum atomic E-state index is -0.942. The Bertz CT molecular complexity index is 468. The molecule has 0 aliphatic carbocycles. The summed E-state index contributed by atoms with van der Waals surface area (Å²) < 4.78 is 26.3. The maximum atomic E-state index is 13.2. The lowest BCUT2D eigenvalue weighted by atomic mass is 10.0. The highest BCUT2D eigenvalue weighted by Gasteiger charge is 2.29. The molecule has 1 aliphatic heterocycles. The summed E-state index contributed by atoms with van der Waals surface area (Å²) >= 11 is 0. The van der Waals surface area contributed by atoms with Crippen LogP contribution in [0.4, 0.5) is 14.5 Å². The smallest absolute Gasteiger partial charge is 0.229 e. The first-order valence-corrected chi connectivity index (χ1v) is 5.99. The van der Waals surface area contributed by atoms with Gasteiger partial charge in [0.25, 0.3) is 0 Å². The van der Waals surface area contributed by atoms with Crippen molar-refractivity contribution in [3.05, 3.63) is 29.3 Å². The number of amides is 1. The molecule has 1 heterocycles. The van der Waals surface area contributed by atoms with E-state index in [1.165, 1.54) is 13.0 Å². The molecule has 0 saturated carbocycles. The van der Waals surface area contributed by atoms with Gasteiger partial charge in [0.05, 0.1) is 5.92 Å². The molecule has 1 fully saturated rings. The summed E-state index contributed by atoms with van der Waals surface area (Å²) in [6.07, 6.45) is 0.760. The van der Waals surface area contributed by atoms with Crippen LogP contribution in [0.3, 0.4) is 0 Å². The van der Waals surface area contributed by atoms with Gasteiger partial charge in [0, 0.05) is 17.8 Å². The van der Waals surface area contributed by atoms with Crippen LogP contribution in [0.25, 0.3) is 0 Å². The number of carbonyl (C=O) groups is 1. The summed E-state index contributed by atoms with van der Waals surface area (Å²) in [5.41, 5.74) is 0.485. The minimum Gasteiger partial charge on any atom is -0.326 e. The third kappa shape index (κ3) is 5.32. The molecule has 0 radical (unpaired) electrons. The Morgan fingerprint density at radius 2 is 1.95 bits per heavy atom. The van der Waals surface area contributed by atoms with Gasteiger partial charge in [-0.2, -0.15) is 27.0 Å². The maximum absolute atomic E-state index is 13.2. The highest BCUT2D eigenvalue weighted by Crippen LogP contribution is 2.21. The molecule has 8 heteroatoms. The number of nitrogens with one attached hydrogen (secondary N) is 2. The second-order valence-corrected chi connectivity index (χ2v) is 4.72. The Morgan fingerprint density at radius 1 is 1.33 bits per heavy atom. The SMILES string of the molecule is Cc1cc(NC(=O)[C@H]2CCN[C@H]2C)cc(F)c1F.Cl.S.S. The lowest BCUT2D eigenvalue weighted by Crippen LogP contribution is -2.32. The zero-order valence-corrected chi connectivity index (χ0v) is 14.6. The molecule has 0 unspecified atom stereocenters. The van der Waals surface area contributed by atoms with Gasteiger partial charge in [-0.05, 0) is 38.4 Å². The van der Waals surface area contributed by atoms with Crippen LogP contribution in [0.1, 0.15) is 18.9 Å². The molecule has 122 valence electrons. The third-order valence-corrected chi connectivity index (χ3v) is 3.34. The van der Waals surface area contributed by atoms with Crippen molar-refractivity contribution in [1.29, 1.82) is 0 Å². The van der Waals surface area contributed by atoms with E-state index < -0.39 is 11.6 Å². The van der Waals surface area contributed by atoms with E-state index in [1.54, 1.807) is 0 Å². The predicted molar refractivity (Wildman–Crippen MR) is 93.3 cm³/mol. The first-order valence-electron chi connectivity index (χ1n) is 5.99. The van der Waals surface area contributed by atoms with Crippen molar-refractivity contribution in [2.24, 2.45) is 5.92 Å². The average molecular weight is 359 g/mol. The second-order valence-electron chi connectivity index (χ2n) is 4.72. The molecule has 2 rings (SSSR count). The van der Waals surface area contributed by atoms with Crippen LogP contribution in [-0.4, -0.2) is 18.5 Å². The second kappa shape index (κ2) is 9.50. The first-order chi connectivity index (χ1) is 8.49. The maximum Gasteiger partial charge on any atom is 0.229 e. The number of carbonyl (C=O) groups excluding carboxylic acids is 1. The molecular formula is C13H21ClF2N2OS2. The van der Waals surface area contributed by atoms with Gasteiger partial charge in [-0.25, -0.2) is 8.78 Å². The normalized spacial score (nSPS) is 19.8. The van der Waals surface area contributed by atoms with Crippen LogP contribution in [0, 0.1) is 24.5 Å². The molecule has 0 spiro atoms. The van der Waals surface area contributed by atoms with Crippen LogP contribution in [0.2, 0.25) is 0 Å². The summed E-state index contributed by atoms with van der Waals surface area (Å²) in [6, 6.07) is 2.55. The zero-order valence-electron chi connectivity index (χ0n) is 11.8. The molecule has 3 nitrogen and oxygen atoms in total. The van der Waals surface area contributed by atoms with Gasteiger partial charge in [0.15, 0.2) is 11.6 Å². The van der Waals surface area contributed by atoms with Crippen molar-refractivity contribution in [1.82, 2.24) is 5.32 Å². The summed E-state index contributed by atoms with van der Waals surface area (Å²) in [5.74, 6) is -2.09. The molecular weight excluding hydrogens is 338 g/mol. The van der Waals surface area contributed by atoms with Crippen molar-refractivity contribution in [3.63, 3.8) is 0 Å². The van der Waals surface area contributed by atoms with E-state index >= 15 is 0 Å². The van der Waals surface area contributed by atoms with E-state index in [1.807, 2.05) is 6.92 Å². The van der Waals surface area contributed by atoms with Crippen molar-refractivity contribution in [2.75, 3.05) is 11.9 Å². The lowest BCUT2D eigenvalue weighted by molar-refractivity contribution is -0.120. The fourth-order valence-electron chi connectivity index (χ4n) is 2.25. The number of rotatable bonds is 2. The number of anilines is 1. The Morgan fingerprint density at radius 3 is 2.43 bits per heavy atom. The third-order valence-electron chi connectivity index (χ3n) is 3.34. The standard InChI is InChI=1S/C13H16F2N2O.ClH.2H2S/c1-7-5-9(6-11(14)12(7)15)17-13(18)10-3-4-16-8(10)2;;;/h5-6,8,10,16H,3-4H2,1-2H3,(H,17,18);1H;2*1H2/t8-,10-;;;/m0.../s1. The van der Waals surface area contributed by atoms with Gasteiger partial charge in [-0.3, -0.25) is 4.79 Å². The largest absolute Gasteiger partial charge is 0.326 e. The first kappa shape index (κ1) is 22.8. The predicted octanol–water partition coefficient (Wildman–Crippen LogP) is 2.86. The molecule has 1 aromatic rings. The van der Waals surface area contributed by atoms with Crippen LogP contribution in [0.15, 0.2) is 12.1 Å². The topological polar surface area (TPSA) is 41.1 Å². The summed E-state index contributed by atoms with van der Waals surface area (Å²) in [5, 5.41) is 5.81. The van der Waals surface area contributed by atoms with Crippen molar-refractivity contribution in [2.45, 2.75) is 26.3 Å². The van der Waals surface area contributed by atoms with Crippen molar-refractivity contribution in [3.8, 4) is 0 Å². The van der Waals surface area contributed by atoms with Gasteiger partial charge < -0.3 is 10.6 Å². The zero-order chi connectivity index (χ0) is 13.3. The van der Waals surface area contributed by atoms with Gasteiger partial charge in [0.2, 0.25) is 5.91 Å². The Labute approximate surface area is 143 Å². The molecule has 21 heavy (non-hydrogen) atoms. The van der Waals surface area contributed by atoms with Crippen molar-refractivity contribution >= 4 is 51.0 Å². The summed E-state index contributed by atoms with van der Waals surface area (Å²) in [7, 11) is 0. The molecule has 0 aromatic heterocycles. The Kier molecular flexibility index (Phi) is 10.3. The van der Waals surface area contributed by atoms with E-state index in [0.29, 0.717) is 5.69 Å². The molecule has 2 N–H and O–H groups in total. The average Bonchev–Trinajstić information content (AvgIpc) is 2.72. The van der Waals surface area contributed by atoms with E-state index in [9.17, 15) is 13.6 Å². The Balaban J connectivity index is 0. The van der Waals surface area contributed by atoms with Crippen molar-refractivity contribution < 1.29 is 13.6 Å². The van der Waals surface area contributed by atoms with E-state index in [0.717, 1.165) is 19.0 Å². The number of halogens is 3. The van der Waals surface area contributed by atoms with Gasteiger partial charge in [0.1, 0.15) is 0 Å². The molecule has 0 bridgehead atoms. The lowest BCUT2D eigenvalue weighted by Gasteiger charge is -2.15. The van der Waals surface area contributed by atoms with E-state index in [2.05, 4.69) is 10.6 Å². The molecule has 1 aromatic carbocycles. The summed E-state index contributed by atoms with van der Waals surface area (Å²) in [6.45, 7) is 4.21. The van der Waals surface area contributed by atoms with Gasteiger partial charge in [-0.1, -0.05) is 0 Å². The van der Waals surface area contributed by atoms with Gasteiger partial charge in [-0.15, -0.1) is 12.4 Å². The van der Waals surface area contributed by atoms with Gasteiger partial charge >= 0.3 is 0 Å². The quantitative estimate of drug-likeness (QED) is 0.853. The van der Waals surface area contributed by atoms with E-state index in [-0.39, 0.29) is 62.8 Å². The molecule has 1 aliphatic rings. The van der Waals surface area contributed by atoms with E-state index in [4.69, 9.17) is 0 Å². The van der Waals surface area contributed by atoms with Crippen LogP contribution < -0.4 is 10.6 Å². The fourth-order valence-corrected chi connectivity index (χ4v) is 2.25. The monoisotopic (exact) mass is 358 g/mol.